The summed E-state index contributed by atoms with van der Waals surface area (Å²) in [4.78, 5) is 38.7. The van der Waals surface area contributed by atoms with Crippen LogP contribution in [0.25, 0.3) is 0 Å². The lowest BCUT2D eigenvalue weighted by molar-refractivity contribution is -0.221. The lowest BCUT2D eigenvalue weighted by Crippen LogP contribution is -2.70. The van der Waals surface area contributed by atoms with Crippen molar-refractivity contribution in [2.24, 2.45) is 28.6 Å². The molecular formula is C27H29F3O6S. The molecule has 10 heteroatoms. The summed E-state index contributed by atoms with van der Waals surface area (Å²) in [5.74, 6) is -3.98. The van der Waals surface area contributed by atoms with E-state index in [0.29, 0.717) is 11.8 Å². The van der Waals surface area contributed by atoms with E-state index in [4.69, 9.17) is 9.15 Å². The number of halogens is 3. The van der Waals surface area contributed by atoms with Crippen LogP contribution in [0.2, 0.25) is 0 Å². The first-order valence-electron chi connectivity index (χ1n) is 12.3. The first kappa shape index (κ1) is 26.3. The van der Waals surface area contributed by atoms with E-state index in [1.54, 1.807) is 13.8 Å². The molecule has 0 amide bonds. The normalized spacial score (nSPS) is 44.5. The van der Waals surface area contributed by atoms with Gasteiger partial charge in [-0.1, -0.05) is 19.9 Å². The summed E-state index contributed by atoms with van der Waals surface area (Å²) >= 11 is 0.352. The molecule has 1 heterocycles. The van der Waals surface area contributed by atoms with Crippen LogP contribution in [-0.2, 0) is 14.3 Å². The van der Waals surface area contributed by atoms with E-state index in [2.05, 4.69) is 0 Å². The number of hydrogen-bond donors (Lipinski definition) is 1. The van der Waals surface area contributed by atoms with Gasteiger partial charge in [-0.05, 0) is 73.7 Å². The molecule has 0 unspecified atom stereocenters. The molecule has 1 aromatic rings. The lowest BCUT2D eigenvalue weighted by Gasteiger charge is -2.63. The van der Waals surface area contributed by atoms with Gasteiger partial charge in [-0.2, -0.15) is 0 Å². The van der Waals surface area contributed by atoms with Crippen molar-refractivity contribution in [2.45, 2.75) is 63.6 Å². The first-order valence-corrected chi connectivity index (χ1v) is 13.3. The van der Waals surface area contributed by atoms with E-state index in [9.17, 15) is 23.9 Å². The molecule has 0 saturated heterocycles. The maximum Gasteiger partial charge on any atom is 0.375 e. The van der Waals surface area contributed by atoms with Gasteiger partial charge in [-0.15, -0.1) is 0 Å². The molecule has 37 heavy (non-hydrogen) atoms. The van der Waals surface area contributed by atoms with Crippen molar-refractivity contribution in [3.8, 4) is 0 Å². The Hall–Kier alpha value is -2.33. The standard InChI is InChI=1S/C27H29F3O6S/c1-14-9-16-17-11-19(29)18-10-15(31)6-7-24(18,2)26(17,30)21(32)12-25(16,3)27(14,23(34)37-13-28)36-22(33)20-5-4-8-35-20/h4-8,10,14,16-17,19,21,32H,9,11-13H2,1-3H3/t14-,16-,17-,19+,21+,24+,25+,26+,27+/m1/s1. The average Bonchev–Trinajstić information content (AvgIpc) is 3.45. The van der Waals surface area contributed by atoms with Crippen LogP contribution in [0, 0.1) is 28.6 Å². The Labute approximate surface area is 216 Å². The number of ether oxygens (including phenoxy) is 1. The number of carbonyl (C=O) groups excluding carboxylic acids is 3. The fourth-order valence-corrected chi connectivity index (χ4v) is 8.76. The Morgan fingerprint density at radius 2 is 2.00 bits per heavy atom. The Morgan fingerprint density at radius 1 is 1.27 bits per heavy atom. The number of aliphatic hydroxyl groups is 1. The lowest BCUT2D eigenvalue weighted by atomic mass is 9.44. The Balaban J connectivity index is 1.64. The predicted molar refractivity (Wildman–Crippen MR) is 129 cm³/mol. The van der Waals surface area contributed by atoms with Crippen LogP contribution in [0.3, 0.4) is 0 Å². The summed E-state index contributed by atoms with van der Waals surface area (Å²) in [6.45, 7) is 4.79. The molecule has 6 nitrogen and oxygen atoms in total. The highest BCUT2D eigenvalue weighted by molar-refractivity contribution is 8.13. The smallest absolute Gasteiger partial charge is 0.375 e. The van der Waals surface area contributed by atoms with Crippen LogP contribution >= 0.6 is 11.8 Å². The van der Waals surface area contributed by atoms with E-state index >= 15 is 8.78 Å². The molecule has 0 aromatic carbocycles. The minimum atomic E-state index is -2.35. The number of rotatable bonds is 4. The topological polar surface area (TPSA) is 93.8 Å². The van der Waals surface area contributed by atoms with Gasteiger partial charge in [-0.25, -0.2) is 18.0 Å². The quantitative estimate of drug-likeness (QED) is 0.544. The van der Waals surface area contributed by atoms with E-state index in [1.165, 1.54) is 37.5 Å². The predicted octanol–water partition coefficient (Wildman–Crippen LogP) is 4.93. The summed E-state index contributed by atoms with van der Waals surface area (Å²) in [6.07, 6.45) is 1.16. The fourth-order valence-electron chi connectivity index (χ4n) is 7.97. The molecule has 3 fully saturated rings. The highest BCUT2D eigenvalue weighted by atomic mass is 32.2. The highest BCUT2D eigenvalue weighted by Gasteiger charge is 2.78. The van der Waals surface area contributed by atoms with Crippen LogP contribution < -0.4 is 0 Å². The number of furan rings is 1. The molecule has 0 radical (unpaired) electrons. The van der Waals surface area contributed by atoms with Crippen molar-refractivity contribution in [1.29, 1.82) is 0 Å². The molecule has 4 aliphatic carbocycles. The monoisotopic (exact) mass is 538 g/mol. The summed E-state index contributed by atoms with van der Waals surface area (Å²) in [5, 5.41) is 10.7. The van der Waals surface area contributed by atoms with Gasteiger partial charge in [-0.3, -0.25) is 9.59 Å². The molecule has 3 saturated carbocycles. The third-order valence-electron chi connectivity index (χ3n) is 9.63. The molecule has 5 rings (SSSR count). The molecular weight excluding hydrogens is 509 g/mol. The second-order valence-electron chi connectivity index (χ2n) is 11.1. The van der Waals surface area contributed by atoms with E-state index in [-0.39, 0.29) is 30.6 Å². The maximum absolute atomic E-state index is 17.4. The minimum absolute atomic E-state index is 0.00739. The molecule has 9 atom stereocenters. The number of ketones is 1. The molecule has 1 N–H and O–H groups in total. The minimum Gasteiger partial charge on any atom is -0.457 e. The largest absolute Gasteiger partial charge is 0.457 e. The van der Waals surface area contributed by atoms with Crippen LogP contribution in [0.4, 0.5) is 13.2 Å². The van der Waals surface area contributed by atoms with Gasteiger partial charge in [0, 0.05) is 22.7 Å². The number of esters is 1. The van der Waals surface area contributed by atoms with Gasteiger partial charge in [0.25, 0.3) is 0 Å². The molecule has 0 spiro atoms. The van der Waals surface area contributed by atoms with Crippen LogP contribution in [0.15, 0.2) is 46.6 Å². The Kier molecular flexibility index (Phi) is 6.10. The Morgan fingerprint density at radius 3 is 2.65 bits per heavy atom. The van der Waals surface area contributed by atoms with Crippen LogP contribution in [0.5, 0.6) is 0 Å². The molecule has 1 aromatic heterocycles. The van der Waals surface area contributed by atoms with Gasteiger partial charge < -0.3 is 14.3 Å². The SMILES string of the molecule is C[C@@H]1C[C@@H]2[C@H]3C[C@H](F)C4=CC(=O)C=C[C@]4(C)[C@@]3(F)[C@@H](O)C[C@]2(C)[C@@]1(OC(=O)c1ccco1)C(=O)SCF. The summed E-state index contributed by atoms with van der Waals surface area (Å²) in [5.41, 5.74) is -7.19. The molecule has 200 valence electrons. The number of alkyl halides is 3. The van der Waals surface area contributed by atoms with Crippen molar-refractivity contribution >= 4 is 28.6 Å². The summed E-state index contributed by atoms with van der Waals surface area (Å²) in [7, 11) is 0. The second-order valence-corrected chi connectivity index (χ2v) is 12.0. The van der Waals surface area contributed by atoms with Crippen molar-refractivity contribution in [2.75, 3.05) is 6.01 Å². The third-order valence-corrected chi connectivity index (χ3v) is 10.3. The summed E-state index contributed by atoms with van der Waals surface area (Å²) < 4.78 is 57.5. The zero-order valence-corrected chi connectivity index (χ0v) is 21.5. The van der Waals surface area contributed by atoms with Crippen molar-refractivity contribution < 1.29 is 41.8 Å². The number of fused-ring (bicyclic) bond motifs is 5. The molecule has 0 bridgehead atoms. The molecule has 0 aliphatic heterocycles. The number of allylic oxidation sites excluding steroid dienone is 4. The zero-order valence-electron chi connectivity index (χ0n) is 20.7. The zero-order chi connectivity index (χ0) is 27.0. The number of aliphatic hydroxyl groups excluding tert-OH is 1. The van der Waals surface area contributed by atoms with Crippen molar-refractivity contribution in [3.05, 3.63) is 48.0 Å². The van der Waals surface area contributed by atoms with Gasteiger partial charge in [0.2, 0.25) is 10.9 Å². The maximum atomic E-state index is 17.4. The third kappa shape index (κ3) is 3.27. The van der Waals surface area contributed by atoms with Gasteiger partial charge >= 0.3 is 5.97 Å². The molecule has 4 aliphatic rings. The number of carbonyl (C=O) groups is 3. The van der Waals surface area contributed by atoms with E-state index in [0.717, 1.165) is 6.08 Å². The number of thioether (sulfide) groups is 1. The highest BCUT2D eigenvalue weighted by Crippen LogP contribution is 2.72. The van der Waals surface area contributed by atoms with Gasteiger partial charge in [0.15, 0.2) is 17.1 Å². The van der Waals surface area contributed by atoms with Crippen LogP contribution in [-0.4, -0.2) is 51.5 Å². The van der Waals surface area contributed by atoms with Gasteiger partial charge in [0.05, 0.1) is 12.4 Å². The second kappa shape index (κ2) is 8.59. The fraction of sp³-hybridized carbons (Fsp3) is 0.593. The van der Waals surface area contributed by atoms with Crippen molar-refractivity contribution in [1.82, 2.24) is 0 Å². The average molecular weight is 539 g/mol. The van der Waals surface area contributed by atoms with E-state index < -0.39 is 75.0 Å². The van der Waals surface area contributed by atoms with Crippen LogP contribution in [0.1, 0.15) is 50.6 Å². The first-order chi connectivity index (χ1) is 17.4. The van der Waals surface area contributed by atoms with Crippen molar-refractivity contribution in [3.63, 3.8) is 0 Å². The Bertz CT molecular complexity index is 1200. The number of hydrogen-bond acceptors (Lipinski definition) is 7. The summed E-state index contributed by atoms with van der Waals surface area (Å²) in [6, 6.07) is 1.78. The van der Waals surface area contributed by atoms with Gasteiger partial charge in [0.1, 0.15) is 12.2 Å². The van der Waals surface area contributed by atoms with E-state index in [1.807, 2.05) is 0 Å².